The minimum atomic E-state index is -1.17. The lowest BCUT2D eigenvalue weighted by Crippen LogP contribution is -2.47. The molecule has 26 heavy (non-hydrogen) atoms. The van der Waals surface area contributed by atoms with Crippen molar-refractivity contribution < 1.29 is 24.5 Å². The summed E-state index contributed by atoms with van der Waals surface area (Å²) in [7, 11) is 1.52. The molecule has 8 heteroatoms. The number of pyridine rings is 2. The number of amides is 1. The predicted octanol–water partition coefficient (Wildman–Crippen LogP) is 1.83. The van der Waals surface area contributed by atoms with E-state index < -0.39 is 24.0 Å². The number of aromatic nitrogens is 2. The van der Waals surface area contributed by atoms with Crippen molar-refractivity contribution in [3.63, 3.8) is 0 Å². The van der Waals surface area contributed by atoms with Crippen LogP contribution in [0.15, 0.2) is 24.4 Å². The molecule has 134 valence electrons. The van der Waals surface area contributed by atoms with Crippen LogP contribution in [-0.2, 0) is 4.79 Å². The van der Waals surface area contributed by atoms with Gasteiger partial charge in [-0.15, -0.1) is 0 Å². The molecule has 8 nitrogen and oxygen atoms in total. The average Bonchev–Trinajstić information content (AvgIpc) is 2.65. The summed E-state index contributed by atoms with van der Waals surface area (Å²) < 4.78 is 5.13. The number of methoxy groups -OCH3 is 1. The van der Waals surface area contributed by atoms with Gasteiger partial charge in [0.25, 0.3) is 0 Å². The SMILES string of the molecule is COc1ccc2nccc(C#C[C@@H]3CC[C@@H](C(=O)O)CN3C(=O)O)c2n1. The highest BCUT2D eigenvalue weighted by Crippen LogP contribution is 2.23. The standard InChI is InChI=1S/C18H17N3O5/c1-26-15-7-6-14-16(20-15)11(8-9-19-14)2-4-13-5-3-12(17(22)23)10-21(13)18(24)25/h6-9,12-13H,3,5,10H2,1H3,(H,22,23)(H,24,25)/t12-,13-/m1/s1. The van der Waals surface area contributed by atoms with Crippen molar-refractivity contribution in [2.45, 2.75) is 18.9 Å². The van der Waals surface area contributed by atoms with Crippen molar-refractivity contribution in [1.29, 1.82) is 0 Å². The van der Waals surface area contributed by atoms with Crippen LogP contribution in [0.2, 0.25) is 0 Å². The number of piperidine rings is 1. The van der Waals surface area contributed by atoms with Crippen LogP contribution in [0.5, 0.6) is 5.88 Å². The molecular formula is C18H17N3O5. The number of nitrogens with zero attached hydrogens (tertiary/aromatic N) is 3. The zero-order valence-electron chi connectivity index (χ0n) is 14.0. The second-order valence-corrected chi connectivity index (χ2v) is 5.91. The Balaban J connectivity index is 1.92. The molecule has 3 rings (SSSR count). The molecule has 0 aromatic carbocycles. The monoisotopic (exact) mass is 355 g/mol. The maximum absolute atomic E-state index is 11.5. The van der Waals surface area contributed by atoms with E-state index in [2.05, 4.69) is 21.8 Å². The first-order valence-electron chi connectivity index (χ1n) is 8.03. The van der Waals surface area contributed by atoms with Crippen molar-refractivity contribution in [2.24, 2.45) is 5.92 Å². The van der Waals surface area contributed by atoms with Gasteiger partial charge in [-0.2, -0.15) is 0 Å². The second-order valence-electron chi connectivity index (χ2n) is 5.91. The number of likely N-dealkylation sites (tertiary alicyclic amines) is 1. The third-order valence-corrected chi connectivity index (χ3v) is 4.32. The maximum atomic E-state index is 11.5. The predicted molar refractivity (Wildman–Crippen MR) is 91.8 cm³/mol. The van der Waals surface area contributed by atoms with E-state index in [1.165, 1.54) is 7.11 Å². The molecule has 2 aromatic rings. The van der Waals surface area contributed by atoms with Gasteiger partial charge >= 0.3 is 12.1 Å². The zero-order chi connectivity index (χ0) is 18.7. The smallest absolute Gasteiger partial charge is 0.408 e. The van der Waals surface area contributed by atoms with Crippen LogP contribution < -0.4 is 4.74 Å². The third-order valence-electron chi connectivity index (χ3n) is 4.32. The zero-order valence-corrected chi connectivity index (χ0v) is 14.0. The first-order chi connectivity index (χ1) is 12.5. The van der Waals surface area contributed by atoms with Crippen LogP contribution in [0.25, 0.3) is 11.0 Å². The number of aliphatic carboxylic acids is 1. The number of carboxylic acids is 1. The highest BCUT2D eigenvalue weighted by Gasteiger charge is 2.33. The lowest BCUT2D eigenvalue weighted by molar-refractivity contribution is -0.143. The molecule has 1 saturated heterocycles. The van der Waals surface area contributed by atoms with Crippen LogP contribution in [0.3, 0.4) is 0 Å². The van der Waals surface area contributed by atoms with Gasteiger partial charge in [0.2, 0.25) is 5.88 Å². The molecule has 1 fully saturated rings. The summed E-state index contributed by atoms with van der Waals surface area (Å²) in [4.78, 5) is 32.3. The summed E-state index contributed by atoms with van der Waals surface area (Å²) in [5, 5.41) is 18.5. The van der Waals surface area contributed by atoms with E-state index in [0.717, 1.165) is 4.90 Å². The van der Waals surface area contributed by atoms with Gasteiger partial charge in [-0.25, -0.2) is 9.78 Å². The van der Waals surface area contributed by atoms with Crippen LogP contribution in [0.1, 0.15) is 18.4 Å². The Morgan fingerprint density at radius 1 is 1.27 bits per heavy atom. The Morgan fingerprint density at radius 2 is 2.08 bits per heavy atom. The molecular weight excluding hydrogens is 338 g/mol. The number of rotatable bonds is 2. The fraction of sp³-hybridized carbons (Fsp3) is 0.333. The molecule has 0 bridgehead atoms. The van der Waals surface area contributed by atoms with Gasteiger partial charge in [-0.05, 0) is 25.0 Å². The fourth-order valence-corrected chi connectivity index (χ4v) is 2.92. The summed E-state index contributed by atoms with van der Waals surface area (Å²) in [6, 6.07) is 4.62. The first kappa shape index (κ1) is 17.5. The second kappa shape index (κ2) is 7.27. The average molecular weight is 355 g/mol. The minimum Gasteiger partial charge on any atom is -0.481 e. The van der Waals surface area contributed by atoms with Gasteiger partial charge < -0.3 is 14.9 Å². The molecule has 1 aliphatic heterocycles. The summed E-state index contributed by atoms with van der Waals surface area (Å²) in [6.07, 6.45) is 1.20. The first-order valence-corrected chi connectivity index (χ1v) is 8.03. The molecule has 2 aromatic heterocycles. The highest BCUT2D eigenvalue weighted by atomic mass is 16.5. The van der Waals surface area contributed by atoms with Gasteiger partial charge in [-0.1, -0.05) is 11.8 Å². The Kier molecular flexibility index (Phi) is 4.89. The van der Waals surface area contributed by atoms with E-state index in [4.69, 9.17) is 9.84 Å². The lowest BCUT2D eigenvalue weighted by Gasteiger charge is -2.33. The summed E-state index contributed by atoms with van der Waals surface area (Å²) in [6.45, 7) is -0.0623. The Morgan fingerprint density at radius 3 is 2.77 bits per heavy atom. The van der Waals surface area contributed by atoms with Crippen LogP contribution in [0.4, 0.5) is 4.79 Å². The van der Waals surface area contributed by atoms with Gasteiger partial charge in [-0.3, -0.25) is 14.7 Å². The van der Waals surface area contributed by atoms with Crippen LogP contribution in [-0.4, -0.2) is 56.8 Å². The molecule has 0 unspecified atom stereocenters. The van der Waals surface area contributed by atoms with Crippen molar-refractivity contribution in [3.8, 4) is 17.7 Å². The summed E-state index contributed by atoms with van der Waals surface area (Å²) in [5.41, 5.74) is 1.84. The Bertz CT molecular complexity index is 918. The van der Waals surface area contributed by atoms with E-state index >= 15 is 0 Å². The number of fused-ring (bicyclic) bond motifs is 1. The van der Waals surface area contributed by atoms with E-state index in [9.17, 15) is 14.7 Å². The van der Waals surface area contributed by atoms with Gasteiger partial charge in [0.05, 0.1) is 30.1 Å². The molecule has 0 radical (unpaired) electrons. The highest BCUT2D eigenvalue weighted by molar-refractivity contribution is 5.81. The molecule has 0 spiro atoms. The summed E-state index contributed by atoms with van der Waals surface area (Å²) >= 11 is 0. The van der Waals surface area contributed by atoms with Crippen LogP contribution in [0, 0.1) is 17.8 Å². The van der Waals surface area contributed by atoms with E-state index in [1.54, 1.807) is 24.4 Å². The molecule has 0 aliphatic carbocycles. The molecule has 0 saturated carbocycles. The number of ether oxygens (including phenoxy) is 1. The molecule has 2 atom stereocenters. The van der Waals surface area contributed by atoms with E-state index in [1.807, 2.05) is 0 Å². The third kappa shape index (κ3) is 3.52. The minimum absolute atomic E-state index is 0.0623. The Labute approximate surface area is 149 Å². The van der Waals surface area contributed by atoms with Gasteiger partial charge in [0.1, 0.15) is 5.52 Å². The topological polar surface area (TPSA) is 113 Å². The lowest BCUT2D eigenvalue weighted by atomic mass is 9.93. The fourth-order valence-electron chi connectivity index (χ4n) is 2.92. The molecule has 3 heterocycles. The van der Waals surface area contributed by atoms with Gasteiger partial charge in [0, 0.05) is 18.8 Å². The van der Waals surface area contributed by atoms with Crippen LogP contribution >= 0.6 is 0 Å². The van der Waals surface area contributed by atoms with E-state index in [-0.39, 0.29) is 6.54 Å². The molecule has 1 aliphatic rings. The van der Waals surface area contributed by atoms with Crippen molar-refractivity contribution >= 4 is 23.1 Å². The maximum Gasteiger partial charge on any atom is 0.408 e. The Hall–Kier alpha value is -3.34. The van der Waals surface area contributed by atoms with Gasteiger partial charge in [0.15, 0.2) is 0 Å². The normalized spacial score (nSPS) is 19.5. The quantitative estimate of drug-likeness (QED) is 0.790. The number of carbonyl (C=O) groups is 2. The molecule has 2 N–H and O–H groups in total. The summed E-state index contributed by atoms with van der Waals surface area (Å²) in [5.74, 6) is 4.68. The van der Waals surface area contributed by atoms with Crippen molar-refractivity contribution in [3.05, 3.63) is 30.0 Å². The van der Waals surface area contributed by atoms with E-state index in [0.29, 0.717) is 35.3 Å². The van der Waals surface area contributed by atoms with Crippen molar-refractivity contribution in [2.75, 3.05) is 13.7 Å². The number of hydrogen-bond donors (Lipinski definition) is 2. The largest absolute Gasteiger partial charge is 0.481 e. The number of hydrogen-bond acceptors (Lipinski definition) is 5. The van der Waals surface area contributed by atoms with Crippen molar-refractivity contribution in [1.82, 2.24) is 14.9 Å². The molecule has 1 amide bonds. The number of carboxylic acid groups (broad SMARTS) is 2.